The minimum Gasteiger partial charge on any atom is -0.388 e. The molecule has 0 saturated carbocycles. The summed E-state index contributed by atoms with van der Waals surface area (Å²) in [6.45, 7) is 4.77. The number of aliphatic hydroxyl groups excluding tert-OH is 1. The van der Waals surface area contributed by atoms with Gasteiger partial charge in [0, 0.05) is 30.8 Å². The monoisotopic (exact) mass is 474 g/mol. The van der Waals surface area contributed by atoms with E-state index >= 15 is 0 Å². The van der Waals surface area contributed by atoms with Crippen LogP contribution in [-0.2, 0) is 0 Å². The van der Waals surface area contributed by atoms with Crippen molar-refractivity contribution in [3.63, 3.8) is 0 Å². The molecule has 1 aliphatic heterocycles. The first-order valence-electron chi connectivity index (χ1n) is 11.6. The van der Waals surface area contributed by atoms with Crippen molar-refractivity contribution in [2.75, 3.05) is 18.8 Å². The van der Waals surface area contributed by atoms with E-state index in [9.17, 15) is 14.3 Å². The third kappa shape index (κ3) is 4.23. The molecule has 1 amide bonds. The van der Waals surface area contributed by atoms with Gasteiger partial charge in [-0.05, 0) is 62.1 Å². The first kappa shape index (κ1) is 22.9. The van der Waals surface area contributed by atoms with Gasteiger partial charge in [0.05, 0.1) is 23.1 Å². The number of amides is 1. The van der Waals surface area contributed by atoms with Crippen LogP contribution in [-0.4, -0.2) is 48.6 Å². The van der Waals surface area contributed by atoms with E-state index in [4.69, 9.17) is 5.73 Å². The standard InChI is InChI=1S/C26H27FN6O2/c1-15-10-22(33-23(15)25(28)30-14-31-33)19-11-21(16(2)29-12-19)26(35)32-9-3-4-18(13-32)24(34)17-5-7-20(27)8-6-17/h5-8,10-12,14,18,24,34H,3-4,9,13H2,1-2H3,(H2,28,30,31). The summed E-state index contributed by atoms with van der Waals surface area (Å²) >= 11 is 0. The molecule has 180 valence electrons. The van der Waals surface area contributed by atoms with Gasteiger partial charge in [-0.1, -0.05) is 12.1 Å². The average Bonchev–Trinajstić information content (AvgIpc) is 3.21. The number of fused-ring (bicyclic) bond motifs is 1. The van der Waals surface area contributed by atoms with Gasteiger partial charge in [0.1, 0.15) is 17.7 Å². The maximum atomic E-state index is 13.6. The molecule has 5 rings (SSSR count). The van der Waals surface area contributed by atoms with Gasteiger partial charge < -0.3 is 15.7 Å². The molecule has 0 bridgehead atoms. The number of piperidine rings is 1. The molecule has 4 heterocycles. The lowest BCUT2D eigenvalue weighted by molar-refractivity contribution is 0.0400. The lowest BCUT2D eigenvalue weighted by Crippen LogP contribution is -2.42. The number of carbonyl (C=O) groups is 1. The van der Waals surface area contributed by atoms with Crippen LogP contribution >= 0.6 is 0 Å². The van der Waals surface area contributed by atoms with Crippen molar-refractivity contribution in [3.05, 3.63) is 77.1 Å². The number of nitrogens with zero attached hydrogens (tertiary/aromatic N) is 5. The number of hydrogen-bond acceptors (Lipinski definition) is 6. The van der Waals surface area contributed by atoms with E-state index in [0.29, 0.717) is 35.7 Å². The van der Waals surface area contributed by atoms with Crippen LogP contribution in [0.3, 0.4) is 0 Å². The van der Waals surface area contributed by atoms with Crippen LogP contribution in [0.2, 0.25) is 0 Å². The largest absolute Gasteiger partial charge is 0.388 e. The lowest BCUT2D eigenvalue weighted by atomic mass is 9.88. The van der Waals surface area contributed by atoms with E-state index in [0.717, 1.165) is 35.2 Å². The van der Waals surface area contributed by atoms with Gasteiger partial charge in [0.25, 0.3) is 5.91 Å². The second-order valence-corrected chi connectivity index (χ2v) is 9.13. The number of likely N-dealkylation sites (tertiary alicyclic amines) is 1. The van der Waals surface area contributed by atoms with E-state index < -0.39 is 6.10 Å². The molecule has 2 atom stereocenters. The Hall–Kier alpha value is -3.85. The topological polar surface area (TPSA) is 110 Å². The number of aliphatic hydroxyl groups is 1. The minimum absolute atomic E-state index is 0.125. The SMILES string of the molecule is Cc1ncc(-c2cc(C)c3c(N)ncnn23)cc1C(=O)N1CCCC(C(O)c2ccc(F)cc2)C1. The number of halogens is 1. The lowest BCUT2D eigenvalue weighted by Gasteiger charge is -2.35. The van der Waals surface area contributed by atoms with Crippen LogP contribution in [0.15, 0.2) is 48.9 Å². The van der Waals surface area contributed by atoms with Crippen LogP contribution in [0, 0.1) is 25.6 Å². The predicted molar refractivity (Wildman–Crippen MR) is 130 cm³/mol. The highest BCUT2D eigenvalue weighted by Gasteiger charge is 2.30. The fraction of sp³-hybridized carbons (Fsp3) is 0.308. The van der Waals surface area contributed by atoms with Crippen molar-refractivity contribution in [2.24, 2.45) is 5.92 Å². The minimum atomic E-state index is -0.767. The van der Waals surface area contributed by atoms with Crippen LogP contribution in [0.25, 0.3) is 16.8 Å². The first-order chi connectivity index (χ1) is 16.8. The van der Waals surface area contributed by atoms with Gasteiger partial charge in [-0.2, -0.15) is 5.10 Å². The zero-order chi connectivity index (χ0) is 24.7. The Balaban J connectivity index is 1.42. The van der Waals surface area contributed by atoms with Gasteiger partial charge in [-0.15, -0.1) is 0 Å². The molecule has 4 aromatic rings. The van der Waals surface area contributed by atoms with Gasteiger partial charge in [-0.3, -0.25) is 9.78 Å². The molecule has 0 aliphatic carbocycles. The Bertz CT molecular complexity index is 1400. The number of rotatable bonds is 4. The van der Waals surface area contributed by atoms with Crippen LogP contribution in [0.5, 0.6) is 0 Å². The summed E-state index contributed by atoms with van der Waals surface area (Å²) in [6, 6.07) is 9.67. The van der Waals surface area contributed by atoms with Crippen LogP contribution in [0.4, 0.5) is 10.2 Å². The molecule has 3 aromatic heterocycles. The molecule has 1 aliphatic rings. The zero-order valence-corrected chi connectivity index (χ0v) is 19.6. The van der Waals surface area contributed by atoms with Gasteiger partial charge in [-0.25, -0.2) is 13.9 Å². The number of nitrogens with two attached hydrogens (primary N) is 1. The Morgan fingerprint density at radius 1 is 1.20 bits per heavy atom. The first-order valence-corrected chi connectivity index (χ1v) is 11.6. The Morgan fingerprint density at radius 3 is 2.74 bits per heavy atom. The Kier molecular flexibility index (Phi) is 5.94. The number of carbonyl (C=O) groups excluding carboxylic acids is 1. The molecular formula is C26H27FN6O2. The summed E-state index contributed by atoms with van der Waals surface area (Å²) in [5.74, 6) is -0.213. The maximum Gasteiger partial charge on any atom is 0.255 e. The molecule has 8 nitrogen and oxygen atoms in total. The van der Waals surface area contributed by atoms with Crippen molar-refractivity contribution in [3.8, 4) is 11.3 Å². The Labute approximate surface area is 202 Å². The highest BCUT2D eigenvalue weighted by atomic mass is 19.1. The van der Waals surface area contributed by atoms with Crippen molar-refractivity contribution in [1.29, 1.82) is 0 Å². The second kappa shape index (κ2) is 9.07. The van der Waals surface area contributed by atoms with Crippen molar-refractivity contribution in [1.82, 2.24) is 24.5 Å². The summed E-state index contributed by atoms with van der Waals surface area (Å²) in [5.41, 5.74) is 11.0. The van der Waals surface area contributed by atoms with Crippen molar-refractivity contribution in [2.45, 2.75) is 32.8 Å². The predicted octanol–water partition coefficient (Wildman–Crippen LogP) is 3.72. The number of hydrogen-bond donors (Lipinski definition) is 2. The smallest absolute Gasteiger partial charge is 0.255 e. The van der Waals surface area contributed by atoms with Crippen molar-refractivity contribution >= 4 is 17.2 Å². The van der Waals surface area contributed by atoms with E-state index in [1.165, 1.54) is 18.5 Å². The third-order valence-electron chi connectivity index (χ3n) is 6.79. The van der Waals surface area contributed by atoms with E-state index in [2.05, 4.69) is 15.1 Å². The number of pyridine rings is 1. The third-order valence-corrected chi connectivity index (χ3v) is 6.79. The van der Waals surface area contributed by atoms with Crippen LogP contribution < -0.4 is 5.73 Å². The van der Waals surface area contributed by atoms with Gasteiger partial charge >= 0.3 is 0 Å². The summed E-state index contributed by atoms with van der Waals surface area (Å²) in [5, 5.41) is 15.2. The zero-order valence-electron chi connectivity index (χ0n) is 19.6. The van der Waals surface area contributed by atoms with E-state index in [1.807, 2.05) is 26.0 Å². The highest BCUT2D eigenvalue weighted by molar-refractivity contribution is 5.96. The molecule has 35 heavy (non-hydrogen) atoms. The number of aromatic nitrogens is 4. The normalized spacial score (nSPS) is 17.0. The molecule has 2 unspecified atom stereocenters. The van der Waals surface area contributed by atoms with Crippen LogP contribution in [0.1, 0.15) is 46.1 Å². The number of nitrogen functional groups attached to an aromatic ring is 1. The average molecular weight is 475 g/mol. The molecular weight excluding hydrogens is 447 g/mol. The summed E-state index contributed by atoms with van der Waals surface area (Å²) in [4.78, 5) is 23.9. The molecule has 1 fully saturated rings. The van der Waals surface area contributed by atoms with E-state index in [1.54, 1.807) is 27.7 Å². The molecule has 0 spiro atoms. The fourth-order valence-corrected chi connectivity index (χ4v) is 4.90. The van der Waals surface area contributed by atoms with Crippen molar-refractivity contribution < 1.29 is 14.3 Å². The number of aryl methyl sites for hydroxylation is 2. The molecule has 0 radical (unpaired) electrons. The van der Waals surface area contributed by atoms with Gasteiger partial charge in [0.15, 0.2) is 5.82 Å². The summed E-state index contributed by atoms with van der Waals surface area (Å²) in [7, 11) is 0. The van der Waals surface area contributed by atoms with E-state index in [-0.39, 0.29) is 17.6 Å². The quantitative estimate of drug-likeness (QED) is 0.467. The van der Waals surface area contributed by atoms with Gasteiger partial charge in [0.2, 0.25) is 0 Å². The second-order valence-electron chi connectivity index (χ2n) is 9.13. The molecule has 9 heteroatoms. The molecule has 1 aromatic carbocycles. The number of benzene rings is 1. The summed E-state index contributed by atoms with van der Waals surface area (Å²) in [6.07, 6.45) is 3.93. The Morgan fingerprint density at radius 2 is 1.97 bits per heavy atom. The highest BCUT2D eigenvalue weighted by Crippen LogP contribution is 2.32. The fourth-order valence-electron chi connectivity index (χ4n) is 4.90. The number of anilines is 1. The molecule has 3 N–H and O–H groups in total. The molecule has 1 saturated heterocycles. The summed E-state index contributed by atoms with van der Waals surface area (Å²) < 4.78 is 15.0. The maximum absolute atomic E-state index is 13.6.